The number of rotatable bonds is 6. The number of phenols is 1. The molecule has 5 rings (SSSR count). The Bertz CT molecular complexity index is 1700. The molecular formula is C34H37NO8. The van der Waals surface area contributed by atoms with Crippen molar-refractivity contribution in [1.29, 1.82) is 0 Å². The molecule has 3 aliphatic carbocycles. The van der Waals surface area contributed by atoms with E-state index in [2.05, 4.69) is 0 Å². The zero-order chi connectivity index (χ0) is 31.8. The molecule has 9 nitrogen and oxygen atoms in total. The first-order valence-corrected chi connectivity index (χ1v) is 14.3. The lowest BCUT2D eigenvalue weighted by molar-refractivity contribution is -0.159. The zero-order valence-corrected chi connectivity index (χ0v) is 25.3. The van der Waals surface area contributed by atoms with Gasteiger partial charge in [-0.15, -0.1) is 0 Å². The molecule has 0 unspecified atom stereocenters. The van der Waals surface area contributed by atoms with Crippen molar-refractivity contribution in [3.05, 3.63) is 80.8 Å². The van der Waals surface area contributed by atoms with Gasteiger partial charge in [0.05, 0.1) is 5.56 Å². The van der Waals surface area contributed by atoms with Gasteiger partial charge in [0.1, 0.15) is 28.6 Å². The quantitative estimate of drug-likeness (QED) is 0.365. The molecule has 0 amide bonds. The number of carbonyl (C=O) groups is 4. The van der Waals surface area contributed by atoms with Crippen molar-refractivity contribution >= 4 is 28.8 Å². The highest BCUT2D eigenvalue weighted by molar-refractivity contribution is 6.25. The molecule has 0 heterocycles. The number of hydrogen-bond donors (Lipinski definition) is 4. The normalized spacial score (nSPS) is 26.6. The Labute approximate surface area is 250 Å². The number of Topliss-reactive ketones (excluding diaryl/α,β-unsaturated/α-hetero) is 4. The fraction of sp³-hybridized carbons (Fsp3) is 0.412. The lowest BCUT2D eigenvalue weighted by atomic mass is 9.48. The van der Waals surface area contributed by atoms with Crippen molar-refractivity contribution in [2.75, 3.05) is 19.0 Å². The Morgan fingerprint density at radius 2 is 1.67 bits per heavy atom. The van der Waals surface area contributed by atoms with Gasteiger partial charge in [-0.3, -0.25) is 19.2 Å². The summed E-state index contributed by atoms with van der Waals surface area (Å²) in [5.41, 5.74) is -2.86. The van der Waals surface area contributed by atoms with E-state index in [1.807, 2.05) is 31.2 Å². The third kappa shape index (κ3) is 4.40. The molecule has 43 heavy (non-hydrogen) atoms. The number of carbonyl (C=O) groups excluding carboxylic acids is 4. The lowest BCUT2D eigenvalue weighted by Crippen LogP contribution is -2.63. The van der Waals surface area contributed by atoms with Crippen LogP contribution in [-0.2, 0) is 33.6 Å². The van der Waals surface area contributed by atoms with Crippen LogP contribution in [0.3, 0.4) is 0 Å². The predicted octanol–water partition coefficient (Wildman–Crippen LogP) is 4.19. The first-order valence-electron chi connectivity index (χ1n) is 14.3. The fourth-order valence-electron chi connectivity index (χ4n) is 7.62. The largest absolute Gasteiger partial charge is 0.511 e. The molecule has 0 spiro atoms. The number of aliphatic hydroxyl groups excluding tert-OH is 2. The highest BCUT2D eigenvalue weighted by Gasteiger charge is 2.67. The van der Waals surface area contributed by atoms with E-state index in [1.165, 1.54) is 0 Å². The Balaban J connectivity index is 1.65. The summed E-state index contributed by atoms with van der Waals surface area (Å²) in [5, 5.41) is 45.6. The van der Waals surface area contributed by atoms with Crippen molar-refractivity contribution < 1.29 is 39.6 Å². The van der Waals surface area contributed by atoms with Crippen molar-refractivity contribution in [2.24, 2.45) is 10.8 Å². The van der Waals surface area contributed by atoms with Gasteiger partial charge in [-0.1, -0.05) is 43.7 Å². The van der Waals surface area contributed by atoms with E-state index >= 15 is 0 Å². The van der Waals surface area contributed by atoms with E-state index in [4.69, 9.17) is 0 Å². The molecule has 3 aliphatic rings. The molecule has 2 aromatic rings. The molecule has 2 aromatic carbocycles. The third-order valence-electron chi connectivity index (χ3n) is 9.43. The summed E-state index contributed by atoms with van der Waals surface area (Å²) >= 11 is 0. The summed E-state index contributed by atoms with van der Waals surface area (Å²) in [6, 6.07) is 9.26. The SMILES string of the molecule is CC(=O)C1=C(O)C[C@@]2(C)C[C@@]3(C)Cc4c(N(C)C)cc(CC(=O)Cc5cccc(C)c5)c(O)c4C(=O)C3=C(O)[C@@]2(O)C1=O. The van der Waals surface area contributed by atoms with E-state index in [-0.39, 0.29) is 60.3 Å². The number of aryl methyl sites for hydroxylation is 1. The smallest absolute Gasteiger partial charge is 0.209 e. The second-order valence-electron chi connectivity index (χ2n) is 13.2. The Kier molecular flexibility index (Phi) is 6.97. The Morgan fingerprint density at radius 1 is 1.00 bits per heavy atom. The van der Waals surface area contributed by atoms with E-state index in [1.54, 1.807) is 38.9 Å². The zero-order valence-electron chi connectivity index (χ0n) is 25.3. The first-order chi connectivity index (χ1) is 19.9. The second-order valence-corrected chi connectivity index (χ2v) is 13.2. The minimum atomic E-state index is -2.64. The molecular weight excluding hydrogens is 550 g/mol. The van der Waals surface area contributed by atoms with E-state index in [0.29, 0.717) is 11.3 Å². The van der Waals surface area contributed by atoms with Crippen LogP contribution < -0.4 is 4.90 Å². The number of anilines is 1. The van der Waals surface area contributed by atoms with Gasteiger partial charge in [0.15, 0.2) is 17.2 Å². The van der Waals surface area contributed by atoms with Crippen LogP contribution in [0, 0.1) is 17.8 Å². The van der Waals surface area contributed by atoms with Gasteiger partial charge < -0.3 is 25.3 Å². The van der Waals surface area contributed by atoms with E-state index < -0.39 is 50.9 Å². The van der Waals surface area contributed by atoms with E-state index in [0.717, 1.165) is 18.1 Å². The van der Waals surface area contributed by atoms with E-state index in [9.17, 15) is 39.6 Å². The highest BCUT2D eigenvalue weighted by atomic mass is 16.3. The number of phenolic OH excluding ortho intramolecular Hbond substituents is 1. The number of fused-ring (bicyclic) bond motifs is 3. The summed E-state index contributed by atoms with van der Waals surface area (Å²) in [7, 11) is 3.57. The van der Waals surface area contributed by atoms with Gasteiger partial charge >= 0.3 is 0 Å². The summed E-state index contributed by atoms with van der Waals surface area (Å²) in [4.78, 5) is 55.0. The van der Waals surface area contributed by atoms with Gasteiger partial charge in [-0.25, -0.2) is 0 Å². The van der Waals surface area contributed by atoms with Crippen LogP contribution in [0.1, 0.15) is 66.2 Å². The summed E-state index contributed by atoms with van der Waals surface area (Å²) in [6.45, 7) is 6.30. The lowest BCUT2D eigenvalue weighted by Gasteiger charge is -2.56. The second kappa shape index (κ2) is 9.91. The fourth-order valence-corrected chi connectivity index (χ4v) is 7.62. The van der Waals surface area contributed by atoms with Crippen LogP contribution in [0.2, 0.25) is 0 Å². The maximum absolute atomic E-state index is 14.3. The van der Waals surface area contributed by atoms with Gasteiger partial charge in [-0.05, 0) is 43.9 Å². The summed E-state index contributed by atoms with van der Waals surface area (Å²) < 4.78 is 0. The van der Waals surface area contributed by atoms with Crippen molar-refractivity contribution in [2.45, 2.75) is 65.4 Å². The molecule has 226 valence electrons. The monoisotopic (exact) mass is 587 g/mol. The number of aliphatic hydroxyl groups is 3. The van der Waals surface area contributed by atoms with Crippen molar-refractivity contribution in [3.8, 4) is 5.75 Å². The number of ketones is 4. The standard InChI is InChI=1S/C34H37NO8/c1-17-8-7-9-19(10-17)11-21(37)12-20-13-23(35(5)6)22-14-32(3)16-33(4)15-24(38)25(18(2)36)30(41)34(33,43)31(42)27(32)29(40)26(22)28(20)39/h7-10,13,38-39,42-43H,11-12,14-16H2,1-6H3/t32-,33+,34+/m1/s1. The number of benzene rings is 2. The summed E-state index contributed by atoms with van der Waals surface area (Å²) in [5.74, 6) is -4.58. The number of hydrogen-bond acceptors (Lipinski definition) is 9. The molecule has 4 N–H and O–H groups in total. The number of nitrogens with zero attached hydrogens (tertiary/aromatic N) is 1. The van der Waals surface area contributed by atoms with Crippen LogP contribution in [0.5, 0.6) is 5.75 Å². The van der Waals surface area contributed by atoms with Gasteiger partial charge in [0, 0.05) is 61.0 Å². The molecule has 0 saturated carbocycles. The maximum atomic E-state index is 14.3. The van der Waals surface area contributed by atoms with Crippen LogP contribution in [-0.4, -0.2) is 63.3 Å². The van der Waals surface area contributed by atoms with Gasteiger partial charge in [-0.2, -0.15) is 0 Å². The van der Waals surface area contributed by atoms with Gasteiger partial charge in [0.25, 0.3) is 0 Å². The topological polar surface area (TPSA) is 152 Å². The van der Waals surface area contributed by atoms with Crippen molar-refractivity contribution in [1.82, 2.24) is 0 Å². The molecule has 0 fully saturated rings. The predicted molar refractivity (Wildman–Crippen MR) is 159 cm³/mol. The minimum absolute atomic E-state index is 0.0203. The van der Waals surface area contributed by atoms with Gasteiger partial charge in [0.2, 0.25) is 5.78 Å². The molecule has 3 atom stereocenters. The minimum Gasteiger partial charge on any atom is -0.511 e. The third-order valence-corrected chi connectivity index (χ3v) is 9.43. The molecule has 0 radical (unpaired) electrons. The maximum Gasteiger partial charge on any atom is 0.209 e. The first kappa shape index (κ1) is 30.2. The Hall–Kier alpha value is -4.24. The van der Waals surface area contributed by atoms with Crippen LogP contribution in [0.4, 0.5) is 5.69 Å². The summed E-state index contributed by atoms with van der Waals surface area (Å²) in [6.07, 6.45) is -0.0790. The molecule has 0 aromatic heterocycles. The number of aromatic hydroxyl groups is 1. The Morgan fingerprint density at radius 3 is 2.28 bits per heavy atom. The van der Waals surface area contributed by atoms with Crippen LogP contribution >= 0.6 is 0 Å². The van der Waals surface area contributed by atoms with Crippen molar-refractivity contribution in [3.63, 3.8) is 0 Å². The number of allylic oxidation sites excluding steroid dienone is 2. The highest BCUT2D eigenvalue weighted by Crippen LogP contribution is 2.62. The van der Waals surface area contributed by atoms with Crippen LogP contribution in [0.25, 0.3) is 0 Å². The average molecular weight is 588 g/mol. The van der Waals surface area contributed by atoms with Crippen LogP contribution in [0.15, 0.2) is 53.0 Å². The average Bonchev–Trinajstić information content (AvgIpc) is 2.87. The molecule has 0 aliphatic heterocycles. The molecule has 0 bridgehead atoms. The molecule has 9 heteroatoms. The molecule has 0 saturated heterocycles.